The minimum absolute atomic E-state index is 0.867. The maximum absolute atomic E-state index is 3.50. The quantitative estimate of drug-likeness (QED) is 0.810. The molecule has 0 radical (unpaired) electrons. The number of rotatable bonds is 4. The van der Waals surface area contributed by atoms with Crippen LogP contribution in [0.15, 0.2) is 0 Å². The molecule has 0 aromatic carbocycles. The second kappa shape index (κ2) is 6.75. The van der Waals surface area contributed by atoms with Crippen LogP contribution in [0.2, 0.25) is 0 Å². The van der Waals surface area contributed by atoms with Gasteiger partial charge in [0.1, 0.15) is 0 Å². The lowest BCUT2D eigenvalue weighted by atomic mass is 9.85. The fraction of sp³-hybridized carbons (Fsp3) is 1.00. The molecule has 2 atom stereocenters. The molecule has 2 fully saturated rings. The number of nitrogens with zero attached hydrogens (tertiary/aromatic N) is 1. The molecule has 1 saturated heterocycles. The Kier molecular flexibility index (Phi) is 5.30. The average Bonchev–Trinajstić information content (AvgIpc) is 2.37. The second-order valence-electron chi connectivity index (χ2n) is 6.14. The van der Waals surface area contributed by atoms with Gasteiger partial charge in [-0.25, -0.2) is 0 Å². The summed E-state index contributed by atoms with van der Waals surface area (Å²) in [6, 6.07) is 1.76. The average molecular weight is 238 g/mol. The van der Waals surface area contributed by atoms with Crippen LogP contribution in [-0.2, 0) is 0 Å². The van der Waals surface area contributed by atoms with Crippen molar-refractivity contribution >= 4 is 0 Å². The molecule has 100 valence electrons. The third-order valence-corrected chi connectivity index (χ3v) is 4.64. The first-order valence-corrected chi connectivity index (χ1v) is 7.77. The zero-order valence-electron chi connectivity index (χ0n) is 11.8. The van der Waals surface area contributed by atoms with Gasteiger partial charge in [-0.15, -0.1) is 0 Å². The highest BCUT2D eigenvalue weighted by molar-refractivity contribution is 4.85. The van der Waals surface area contributed by atoms with Crippen LogP contribution in [0, 0.1) is 5.92 Å². The molecule has 0 aromatic heterocycles. The van der Waals surface area contributed by atoms with Crippen LogP contribution in [0.25, 0.3) is 0 Å². The SMILES string of the molecule is CCCN(C1CCNCC1)C1CCCC(C)C1. The molecule has 2 nitrogen and oxygen atoms in total. The van der Waals surface area contributed by atoms with Gasteiger partial charge in [0.25, 0.3) is 0 Å². The van der Waals surface area contributed by atoms with E-state index in [9.17, 15) is 0 Å². The maximum Gasteiger partial charge on any atom is 0.0122 e. The zero-order chi connectivity index (χ0) is 12.1. The molecule has 2 rings (SSSR count). The van der Waals surface area contributed by atoms with Crippen LogP contribution >= 0.6 is 0 Å². The first-order valence-electron chi connectivity index (χ1n) is 7.77. The van der Waals surface area contributed by atoms with Gasteiger partial charge in [-0.2, -0.15) is 0 Å². The van der Waals surface area contributed by atoms with Crippen LogP contribution in [0.4, 0.5) is 0 Å². The number of hydrogen-bond donors (Lipinski definition) is 1. The van der Waals surface area contributed by atoms with Crippen molar-refractivity contribution in [1.29, 1.82) is 0 Å². The highest BCUT2D eigenvalue weighted by Crippen LogP contribution is 2.30. The fourth-order valence-corrected chi connectivity index (χ4v) is 3.76. The van der Waals surface area contributed by atoms with Crippen molar-refractivity contribution in [2.75, 3.05) is 19.6 Å². The van der Waals surface area contributed by atoms with E-state index in [-0.39, 0.29) is 0 Å². The van der Waals surface area contributed by atoms with Crippen LogP contribution < -0.4 is 5.32 Å². The van der Waals surface area contributed by atoms with Crippen molar-refractivity contribution in [1.82, 2.24) is 10.2 Å². The summed E-state index contributed by atoms with van der Waals surface area (Å²) in [4.78, 5) is 2.87. The first kappa shape index (κ1) is 13.4. The van der Waals surface area contributed by atoms with Gasteiger partial charge >= 0.3 is 0 Å². The van der Waals surface area contributed by atoms with Crippen molar-refractivity contribution in [3.05, 3.63) is 0 Å². The van der Waals surface area contributed by atoms with Gasteiger partial charge in [-0.3, -0.25) is 4.90 Å². The van der Waals surface area contributed by atoms with Crippen molar-refractivity contribution in [2.24, 2.45) is 5.92 Å². The number of piperidine rings is 1. The van der Waals surface area contributed by atoms with E-state index in [1.54, 1.807) is 0 Å². The summed E-state index contributed by atoms with van der Waals surface area (Å²) in [6.07, 6.45) is 9.86. The zero-order valence-corrected chi connectivity index (χ0v) is 11.8. The van der Waals surface area contributed by atoms with E-state index in [0.717, 1.165) is 18.0 Å². The summed E-state index contributed by atoms with van der Waals surface area (Å²) in [6.45, 7) is 8.56. The fourth-order valence-electron chi connectivity index (χ4n) is 3.76. The molecule has 1 aliphatic carbocycles. The lowest BCUT2D eigenvalue weighted by Gasteiger charge is -2.43. The molecule has 2 aliphatic rings. The highest BCUT2D eigenvalue weighted by Gasteiger charge is 2.29. The summed E-state index contributed by atoms with van der Waals surface area (Å²) in [5.74, 6) is 0.954. The van der Waals surface area contributed by atoms with Crippen molar-refractivity contribution in [2.45, 2.75) is 70.9 Å². The Morgan fingerprint density at radius 2 is 1.82 bits per heavy atom. The van der Waals surface area contributed by atoms with Gasteiger partial charge in [0.05, 0.1) is 0 Å². The van der Waals surface area contributed by atoms with Crippen molar-refractivity contribution in [3.8, 4) is 0 Å². The second-order valence-corrected chi connectivity index (χ2v) is 6.14. The lowest BCUT2D eigenvalue weighted by Crippen LogP contribution is -2.49. The third kappa shape index (κ3) is 3.69. The van der Waals surface area contributed by atoms with Gasteiger partial charge in [0.15, 0.2) is 0 Å². The van der Waals surface area contributed by atoms with Gasteiger partial charge < -0.3 is 5.32 Å². The molecular weight excluding hydrogens is 208 g/mol. The smallest absolute Gasteiger partial charge is 0.0122 e. The van der Waals surface area contributed by atoms with E-state index in [1.165, 1.54) is 64.6 Å². The molecule has 1 saturated carbocycles. The van der Waals surface area contributed by atoms with Gasteiger partial charge in [-0.05, 0) is 57.7 Å². The summed E-state index contributed by atoms with van der Waals surface area (Å²) in [5, 5.41) is 3.50. The van der Waals surface area contributed by atoms with Crippen LogP contribution in [0.1, 0.15) is 58.8 Å². The molecule has 17 heavy (non-hydrogen) atoms. The molecule has 2 heteroatoms. The molecular formula is C15H30N2. The van der Waals surface area contributed by atoms with E-state index in [1.807, 2.05) is 0 Å². The van der Waals surface area contributed by atoms with E-state index in [4.69, 9.17) is 0 Å². The summed E-state index contributed by atoms with van der Waals surface area (Å²) in [7, 11) is 0. The van der Waals surface area contributed by atoms with Crippen molar-refractivity contribution in [3.63, 3.8) is 0 Å². The predicted molar refractivity (Wildman–Crippen MR) is 74.3 cm³/mol. The topological polar surface area (TPSA) is 15.3 Å². The monoisotopic (exact) mass is 238 g/mol. The summed E-state index contributed by atoms with van der Waals surface area (Å²) in [5.41, 5.74) is 0. The third-order valence-electron chi connectivity index (χ3n) is 4.64. The Morgan fingerprint density at radius 3 is 2.47 bits per heavy atom. The van der Waals surface area contributed by atoms with Gasteiger partial charge in [0.2, 0.25) is 0 Å². The van der Waals surface area contributed by atoms with E-state index < -0.39 is 0 Å². The Morgan fingerprint density at radius 1 is 1.06 bits per heavy atom. The van der Waals surface area contributed by atoms with E-state index in [0.29, 0.717) is 0 Å². The summed E-state index contributed by atoms with van der Waals surface area (Å²) < 4.78 is 0. The van der Waals surface area contributed by atoms with Crippen molar-refractivity contribution < 1.29 is 0 Å². The van der Waals surface area contributed by atoms with Crippen LogP contribution in [0.3, 0.4) is 0 Å². The van der Waals surface area contributed by atoms with Gasteiger partial charge in [-0.1, -0.05) is 26.7 Å². The Hall–Kier alpha value is -0.0800. The van der Waals surface area contributed by atoms with E-state index in [2.05, 4.69) is 24.1 Å². The van der Waals surface area contributed by atoms with Crippen LogP contribution in [-0.4, -0.2) is 36.6 Å². The number of hydrogen-bond acceptors (Lipinski definition) is 2. The Bertz CT molecular complexity index is 211. The number of nitrogens with one attached hydrogen (secondary N) is 1. The minimum atomic E-state index is 0.867. The standard InChI is InChI=1S/C15H30N2/c1-3-11-17(14-7-9-16-10-8-14)15-6-4-5-13(2)12-15/h13-16H,3-12H2,1-2H3. The molecule has 1 aliphatic heterocycles. The molecule has 0 aromatic rings. The highest BCUT2D eigenvalue weighted by atomic mass is 15.2. The lowest BCUT2D eigenvalue weighted by molar-refractivity contribution is 0.0721. The van der Waals surface area contributed by atoms with E-state index >= 15 is 0 Å². The first-order chi connectivity index (χ1) is 8.31. The van der Waals surface area contributed by atoms with Crippen LogP contribution in [0.5, 0.6) is 0 Å². The predicted octanol–water partition coefficient (Wildman–Crippen LogP) is 3.03. The molecule has 1 N–H and O–H groups in total. The largest absolute Gasteiger partial charge is 0.317 e. The maximum atomic E-state index is 3.50. The molecule has 1 heterocycles. The van der Waals surface area contributed by atoms with Gasteiger partial charge in [0, 0.05) is 12.1 Å². The molecule has 0 bridgehead atoms. The Balaban J connectivity index is 1.94. The molecule has 0 spiro atoms. The normalized spacial score (nSPS) is 31.9. The Labute approximate surface area is 107 Å². The molecule has 2 unspecified atom stereocenters. The minimum Gasteiger partial charge on any atom is -0.317 e. The summed E-state index contributed by atoms with van der Waals surface area (Å²) >= 11 is 0. The molecule has 0 amide bonds.